The molecule has 2 rings (SSSR count). The van der Waals surface area contributed by atoms with Crippen LogP contribution in [-0.4, -0.2) is 46.1 Å². The highest BCUT2D eigenvalue weighted by Crippen LogP contribution is 2.29. The molecule has 1 aromatic heterocycles. The first-order chi connectivity index (χ1) is 9.88. The number of piperidine rings is 1. The third-order valence-electron chi connectivity index (χ3n) is 3.77. The fourth-order valence-corrected chi connectivity index (χ4v) is 3.52. The number of nitrogen functional groups attached to an aromatic ring is 1. The van der Waals surface area contributed by atoms with Gasteiger partial charge in [-0.15, -0.1) is 0 Å². The summed E-state index contributed by atoms with van der Waals surface area (Å²) in [6.07, 6.45) is 1.36. The number of amides is 1. The number of aliphatic hydroxyl groups is 1. The molecule has 0 bridgehead atoms. The molecule has 1 aromatic rings. The summed E-state index contributed by atoms with van der Waals surface area (Å²) in [7, 11) is 0. The molecule has 1 saturated heterocycles. The van der Waals surface area contributed by atoms with Crippen LogP contribution in [0.5, 0.6) is 0 Å². The van der Waals surface area contributed by atoms with Gasteiger partial charge in [-0.25, -0.2) is 4.98 Å². The van der Waals surface area contributed by atoms with Gasteiger partial charge in [-0.3, -0.25) is 4.79 Å². The van der Waals surface area contributed by atoms with E-state index in [1.165, 1.54) is 11.3 Å². The lowest BCUT2D eigenvalue weighted by atomic mass is 9.92. The second-order valence-corrected chi connectivity index (χ2v) is 6.90. The minimum atomic E-state index is -0.308. The number of nitrogens with one attached hydrogen (secondary N) is 1. The topological polar surface area (TPSA) is 91.5 Å². The summed E-state index contributed by atoms with van der Waals surface area (Å²) in [5.41, 5.74) is 5.87. The normalized spacial score (nSPS) is 18.0. The molecule has 1 aliphatic heterocycles. The summed E-state index contributed by atoms with van der Waals surface area (Å²) < 4.78 is 0. The van der Waals surface area contributed by atoms with Crippen LogP contribution in [-0.2, 0) is 0 Å². The Morgan fingerprint density at radius 1 is 1.43 bits per heavy atom. The summed E-state index contributed by atoms with van der Waals surface area (Å²) >= 11 is 1.31. The summed E-state index contributed by atoms with van der Waals surface area (Å²) in [5, 5.41) is 13.5. The van der Waals surface area contributed by atoms with Gasteiger partial charge < -0.3 is 21.1 Å². The Balaban J connectivity index is 2.02. The number of nitrogens with zero attached hydrogens (tertiary/aromatic N) is 2. The van der Waals surface area contributed by atoms with E-state index in [-0.39, 0.29) is 24.0 Å². The standard InChI is InChI=1S/C14H24N4O2S/c1-8(2)16-14-17-12(15)11(21-14)13(20)18-6-4-10(5-7-18)9(3)19/h8-10,19H,4-7,15H2,1-3H3,(H,16,17). The second-order valence-electron chi connectivity index (χ2n) is 5.90. The van der Waals surface area contributed by atoms with E-state index in [1.807, 2.05) is 25.7 Å². The number of likely N-dealkylation sites (tertiary alicyclic amines) is 1. The molecule has 4 N–H and O–H groups in total. The second kappa shape index (κ2) is 6.62. The zero-order valence-corrected chi connectivity index (χ0v) is 13.6. The molecule has 0 aromatic carbocycles. The third-order valence-corrected chi connectivity index (χ3v) is 4.76. The quantitative estimate of drug-likeness (QED) is 0.788. The maximum absolute atomic E-state index is 12.5. The molecule has 0 aliphatic carbocycles. The zero-order valence-electron chi connectivity index (χ0n) is 12.8. The van der Waals surface area contributed by atoms with E-state index in [1.54, 1.807) is 0 Å². The molecule has 0 spiro atoms. The van der Waals surface area contributed by atoms with Gasteiger partial charge in [0, 0.05) is 19.1 Å². The predicted octanol–water partition coefficient (Wildman–Crippen LogP) is 1.78. The van der Waals surface area contributed by atoms with Crippen molar-refractivity contribution in [1.29, 1.82) is 0 Å². The van der Waals surface area contributed by atoms with Crippen LogP contribution in [0, 0.1) is 5.92 Å². The molecule has 7 heteroatoms. The van der Waals surface area contributed by atoms with Gasteiger partial charge in [0.25, 0.3) is 5.91 Å². The molecular weight excluding hydrogens is 288 g/mol. The Bertz CT molecular complexity index is 493. The Hall–Kier alpha value is -1.34. The molecule has 2 heterocycles. The van der Waals surface area contributed by atoms with E-state index in [9.17, 15) is 9.90 Å². The summed E-state index contributed by atoms with van der Waals surface area (Å²) in [4.78, 5) is 19.0. The van der Waals surface area contributed by atoms with Crippen molar-refractivity contribution in [3.63, 3.8) is 0 Å². The molecule has 1 aliphatic rings. The number of carbonyl (C=O) groups is 1. The van der Waals surface area contributed by atoms with Crippen molar-refractivity contribution in [2.45, 2.75) is 45.8 Å². The molecule has 1 unspecified atom stereocenters. The number of aromatic nitrogens is 1. The Morgan fingerprint density at radius 3 is 2.57 bits per heavy atom. The first kappa shape index (κ1) is 16.0. The van der Waals surface area contributed by atoms with Crippen molar-refractivity contribution in [2.24, 2.45) is 5.92 Å². The molecular formula is C14H24N4O2S. The SMILES string of the molecule is CC(C)Nc1nc(N)c(C(=O)N2CCC(C(C)O)CC2)s1. The van der Waals surface area contributed by atoms with Crippen LogP contribution in [0.15, 0.2) is 0 Å². The minimum Gasteiger partial charge on any atom is -0.393 e. The van der Waals surface area contributed by atoms with Crippen LogP contribution in [0.4, 0.5) is 10.9 Å². The Morgan fingerprint density at radius 2 is 2.05 bits per heavy atom. The van der Waals surface area contributed by atoms with E-state index in [0.717, 1.165) is 12.8 Å². The van der Waals surface area contributed by atoms with Gasteiger partial charge in [-0.2, -0.15) is 0 Å². The van der Waals surface area contributed by atoms with Crippen LogP contribution < -0.4 is 11.1 Å². The van der Waals surface area contributed by atoms with Gasteiger partial charge in [-0.05, 0) is 39.5 Å². The highest BCUT2D eigenvalue weighted by molar-refractivity contribution is 7.18. The van der Waals surface area contributed by atoms with Gasteiger partial charge in [0.1, 0.15) is 10.7 Å². The average molecular weight is 312 g/mol. The summed E-state index contributed by atoms with van der Waals surface area (Å²) in [6, 6.07) is 0.250. The lowest BCUT2D eigenvalue weighted by molar-refractivity contribution is 0.0525. The largest absolute Gasteiger partial charge is 0.393 e. The zero-order chi connectivity index (χ0) is 15.6. The van der Waals surface area contributed by atoms with Crippen LogP contribution in [0.3, 0.4) is 0 Å². The monoisotopic (exact) mass is 312 g/mol. The van der Waals surface area contributed by atoms with Crippen molar-refractivity contribution in [3.05, 3.63) is 4.88 Å². The van der Waals surface area contributed by atoms with Crippen molar-refractivity contribution < 1.29 is 9.90 Å². The van der Waals surface area contributed by atoms with E-state index >= 15 is 0 Å². The van der Waals surface area contributed by atoms with Gasteiger partial charge in [0.2, 0.25) is 0 Å². The van der Waals surface area contributed by atoms with Gasteiger partial charge in [0.15, 0.2) is 5.13 Å². The van der Waals surface area contributed by atoms with Crippen LogP contribution >= 0.6 is 11.3 Å². The molecule has 21 heavy (non-hydrogen) atoms. The number of thiazole rings is 1. The van der Waals surface area contributed by atoms with Crippen LogP contribution in [0.1, 0.15) is 43.3 Å². The molecule has 1 amide bonds. The smallest absolute Gasteiger partial charge is 0.267 e. The lowest BCUT2D eigenvalue weighted by Crippen LogP contribution is -2.40. The van der Waals surface area contributed by atoms with E-state index in [0.29, 0.717) is 28.9 Å². The summed E-state index contributed by atoms with van der Waals surface area (Å²) in [6.45, 7) is 7.17. The molecule has 118 valence electrons. The van der Waals surface area contributed by atoms with Gasteiger partial charge in [-0.1, -0.05) is 11.3 Å². The average Bonchev–Trinajstić information content (AvgIpc) is 2.78. The molecule has 1 fully saturated rings. The van der Waals surface area contributed by atoms with E-state index in [2.05, 4.69) is 10.3 Å². The predicted molar refractivity (Wildman–Crippen MR) is 85.6 cm³/mol. The number of hydrogen-bond donors (Lipinski definition) is 3. The van der Waals surface area contributed by atoms with Crippen molar-refractivity contribution in [3.8, 4) is 0 Å². The first-order valence-electron chi connectivity index (χ1n) is 7.38. The van der Waals surface area contributed by atoms with Gasteiger partial charge in [0.05, 0.1) is 6.10 Å². The van der Waals surface area contributed by atoms with Crippen molar-refractivity contribution >= 4 is 28.2 Å². The fourth-order valence-electron chi connectivity index (χ4n) is 2.52. The Kier molecular flexibility index (Phi) is 5.05. The van der Waals surface area contributed by atoms with Gasteiger partial charge >= 0.3 is 0 Å². The summed E-state index contributed by atoms with van der Waals surface area (Å²) in [5.74, 6) is 0.530. The highest BCUT2D eigenvalue weighted by atomic mass is 32.1. The maximum Gasteiger partial charge on any atom is 0.267 e. The van der Waals surface area contributed by atoms with E-state index in [4.69, 9.17) is 5.73 Å². The van der Waals surface area contributed by atoms with E-state index < -0.39 is 0 Å². The van der Waals surface area contributed by atoms with Crippen molar-refractivity contribution in [1.82, 2.24) is 9.88 Å². The number of rotatable bonds is 4. The number of nitrogens with two attached hydrogens (primary N) is 1. The number of aliphatic hydroxyl groups excluding tert-OH is 1. The molecule has 6 nitrogen and oxygen atoms in total. The number of anilines is 2. The van der Waals surface area contributed by atoms with Crippen LogP contribution in [0.25, 0.3) is 0 Å². The van der Waals surface area contributed by atoms with Crippen LogP contribution in [0.2, 0.25) is 0 Å². The number of carbonyl (C=O) groups excluding carboxylic acids is 1. The third kappa shape index (κ3) is 3.85. The number of hydrogen-bond acceptors (Lipinski definition) is 6. The maximum atomic E-state index is 12.5. The minimum absolute atomic E-state index is 0.0501. The molecule has 1 atom stereocenters. The van der Waals surface area contributed by atoms with Crippen molar-refractivity contribution in [2.75, 3.05) is 24.1 Å². The molecule has 0 radical (unpaired) electrons. The Labute approximate surface area is 129 Å². The lowest BCUT2D eigenvalue weighted by Gasteiger charge is -2.33. The highest BCUT2D eigenvalue weighted by Gasteiger charge is 2.28. The fraction of sp³-hybridized carbons (Fsp3) is 0.714. The molecule has 0 saturated carbocycles. The first-order valence-corrected chi connectivity index (χ1v) is 8.20.